The first kappa shape index (κ1) is 18.9. The zero-order valence-electron chi connectivity index (χ0n) is 14.5. The molecule has 0 aliphatic heterocycles. The van der Waals surface area contributed by atoms with Crippen LogP contribution in [0.15, 0.2) is 0 Å². The summed E-state index contributed by atoms with van der Waals surface area (Å²) in [6.45, 7) is 8.65. The van der Waals surface area contributed by atoms with E-state index >= 15 is 0 Å². The van der Waals surface area contributed by atoms with Gasteiger partial charge in [-0.05, 0) is 57.9 Å². The minimum absolute atomic E-state index is 0.118. The second-order valence-electron chi connectivity index (χ2n) is 6.96. The first-order valence-electron chi connectivity index (χ1n) is 9.12. The van der Waals surface area contributed by atoms with E-state index in [0.29, 0.717) is 6.10 Å². The average molecular weight is 299 g/mol. The Morgan fingerprint density at radius 3 is 2.62 bits per heavy atom. The van der Waals surface area contributed by atoms with Gasteiger partial charge >= 0.3 is 0 Å². The van der Waals surface area contributed by atoms with E-state index in [-0.39, 0.29) is 12.1 Å². The van der Waals surface area contributed by atoms with Crippen LogP contribution < -0.4 is 5.32 Å². The molecule has 0 heterocycles. The Bertz CT molecular complexity index is 260. The zero-order chi connectivity index (χ0) is 15.6. The summed E-state index contributed by atoms with van der Waals surface area (Å²) in [7, 11) is 0. The average Bonchev–Trinajstić information content (AvgIpc) is 2.53. The largest absolute Gasteiger partial charge is 0.394 e. The van der Waals surface area contributed by atoms with Gasteiger partial charge in [0, 0.05) is 12.1 Å². The summed E-state index contributed by atoms with van der Waals surface area (Å²) < 4.78 is 6.13. The van der Waals surface area contributed by atoms with Gasteiger partial charge in [0.1, 0.15) is 0 Å². The van der Waals surface area contributed by atoms with Crippen LogP contribution in [0.1, 0.15) is 78.6 Å². The van der Waals surface area contributed by atoms with Crippen LogP contribution in [0.4, 0.5) is 0 Å². The fourth-order valence-electron chi connectivity index (χ4n) is 3.36. The molecule has 0 aromatic rings. The van der Waals surface area contributed by atoms with Gasteiger partial charge in [-0.2, -0.15) is 0 Å². The molecule has 2 N–H and O–H groups in total. The number of aliphatic hydroxyl groups is 1. The lowest BCUT2D eigenvalue weighted by Gasteiger charge is -2.31. The number of hydrogen-bond acceptors (Lipinski definition) is 3. The molecule has 1 fully saturated rings. The third kappa shape index (κ3) is 7.12. The highest BCUT2D eigenvalue weighted by atomic mass is 16.5. The first-order chi connectivity index (χ1) is 10.1. The second kappa shape index (κ2) is 10.6. The Kier molecular flexibility index (Phi) is 9.54. The molecule has 0 amide bonds. The van der Waals surface area contributed by atoms with Crippen molar-refractivity contribution in [2.45, 2.75) is 90.2 Å². The third-order valence-electron chi connectivity index (χ3n) is 4.97. The van der Waals surface area contributed by atoms with Crippen LogP contribution in [0.5, 0.6) is 0 Å². The number of hydrogen-bond donors (Lipinski definition) is 2. The summed E-state index contributed by atoms with van der Waals surface area (Å²) in [6.07, 6.45) is 11.5. The number of nitrogens with one attached hydrogen (secondary N) is 1. The quantitative estimate of drug-likeness (QED) is 0.569. The highest BCUT2D eigenvalue weighted by Gasteiger charge is 2.24. The molecule has 0 spiro atoms. The molecule has 21 heavy (non-hydrogen) atoms. The molecule has 1 rings (SSSR count). The maximum Gasteiger partial charge on any atom is 0.0610 e. The molecule has 3 nitrogen and oxygen atoms in total. The van der Waals surface area contributed by atoms with Crippen LogP contribution >= 0.6 is 0 Å². The summed E-state index contributed by atoms with van der Waals surface area (Å²) >= 11 is 0. The van der Waals surface area contributed by atoms with Crippen LogP contribution in [0.25, 0.3) is 0 Å². The SMILES string of the molecule is CCCNC(C)(CO)CCCCOC1CCCCC1CC. The van der Waals surface area contributed by atoms with Crippen LogP contribution in [0.3, 0.4) is 0 Å². The predicted molar refractivity (Wildman–Crippen MR) is 89.6 cm³/mol. The summed E-state index contributed by atoms with van der Waals surface area (Å²) in [5.74, 6) is 0.785. The van der Waals surface area contributed by atoms with Gasteiger partial charge in [0.2, 0.25) is 0 Å². The first-order valence-corrected chi connectivity index (χ1v) is 9.12. The van der Waals surface area contributed by atoms with E-state index in [9.17, 15) is 5.11 Å². The van der Waals surface area contributed by atoms with Crippen molar-refractivity contribution < 1.29 is 9.84 Å². The fraction of sp³-hybridized carbons (Fsp3) is 1.00. The monoisotopic (exact) mass is 299 g/mol. The Labute approximate surface area is 131 Å². The van der Waals surface area contributed by atoms with Crippen molar-refractivity contribution >= 4 is 0 Å². The molecule has 126 valence electrons. The Hall–Kier alpha value is -0.120. The summed E-state index contributed by atoms with van der Waals surface area (Å²) in [4.78, 5) is 0. The van der Waals surface area contributed by atoms with Crippen molar-refractivity contribution in [1.82, 2.24) is 5.32 Å². The summed E-state index contributed by atoms with van der Waals surface area (Å²) in [6, 6.07) is 0. The molecular formula is C18H37NO2. The van der Waals surface area contributed by atoms with Crippen LogP contribution in [-0.2, 0) is 4.74 Å². The fourth-order valence-corrected chi connectivity index (χ4v) is 3.36. The van der Waals surface area contributed by atoms with Gasteiger partial charge < -0.3 is 15.2 Å². The van der Waals surface area contributed by atoms with Crippen LogP contribution in [0.2, 0.25) is 0 Å². The van der Waals surface area contributed by atoms with Crippen LogP contribution in [-0.4, -0.2) is 36.5 Å². The van der Waals surface area contributed by atoms with E-state index in [4.69, 9.17) is 4.74 Å². The highest BCUT2D eigenvalue weighted by Crippen LogP contribution is 2.29. The molecule has 0 radical (unpaired) electrons. The van der Waals surface area contributed by atoms with Crippen molar-refractivity contribution in [1.29, 1.82) is 0 Å². The topological polar surface area (TPSA) is 41.5 Å². The molecule has 1 saturated carbocycles. The Morgan fingerprint density at radius 2 is 1.95 bits per heavy atom. The van der Waals surface area contributed by atoms with E-state index in [1.807, 2.05) is 0 Å². The molecule has 3 atom stereocenters. The third-order valence-corrected chi connectivity index (χ3v) is 4.97. The van der Waals surface area contributed by atoms with Gasteiger partial charge in [0.15, 0.2) is 0 Å². The number of ether oxygens (including phenoxy) is 1. The molecule has 0 saturated heterocycles. The second-order valence-corrected chi connectivity index (χ2v) is 6.96. The van der Waals surface area contributed by atoms with Gasteiger partial charge in [-0.3, -0.25) is 0 Å². The standard InChI is InChI=1S/C18H37NO2/c1-4-13-19-18(3,15-20)12-8-9-14-21-17-11-7-6-10-16(17)5-2/h16-17,19-20H,4-15H2,1-3H3. The molecule has 3 unspecified atom stereocenters. The molecular weight excluding hydrogens is 262 g/mol. The maximum absolute atomic E-state index is 9.55. The van der Waals surface area contributed by atoms with Crippen molar-refractivity contribution in [2.24, 2.45) is 5.92 Å². The van der Waals surface area contributed by atoms with Gasteiger partial charge in [-0.25, -0.2) is 0 Å². The lowest BCUT2D eigenvalue weighted by molar-refractivity contribution is -0.0141. The normalized spacial score (nSPS) is 25.7. The number of unbranched alkanes of at least 4 members (excludes halogenated alkanes) is 1. The van der Waals surface area contributed by atoms with Crippen molar-refractivity contribution in [2.75, 3.05) is 19.8 Å². The Morgan fingerprint density at radius 1 is 1.19 bits per heavy atom. The zero-order valence-corrected chi connectivity index (χ0v) is 14.5. The number of aliphatic hydroxyl groups excluding tert-OH is 1. The van der Waals surface area contributed by atoms with Crippen LogP contribution in [0, 0.1) is 5.92 Å². The van der Waals surface area contributed by atoms with Gasteiger partial charge in [0.05, 0.1) is 12.7 Å². The lowest BCUT2D eigenvalue weighted by Crippen LogP contribution is -2.46. The Balaban J connectivity index is 2.15. The van der Waals surface area contributed by atoms with Crippen molar-refractivity contribution in [3.05, 3.63) is 0 Å². The smallest absolute Gasteiger partial charge is 0.0610 e. The van der Waals surface area contributed by atoms with E-state index in [1.165, 1.54) is 32.1 Å². The van der Waals surface area contributed by atoms with E-state index in [0.717, 1.165) is 44.8 Å². The molecule has 1 aliphatic rings. The highest BCUT2D eigenvalue weighted by molar-refractivity contribution is 4.82. The minimum Gasteiger partial charge on any atom is -0.394 e. The summed E-state index contributed by atoms with van der Waals surface area (Å²) in [5, 5.41) is 13.0. The molecule has 0 aromatic heterocycles. The lowest BCUT2D eigenvalue weighted by atomic mass is 9.85. The van der Waals surface area contributed by atoms with Gasteiger partial charge in [-0.15, -0.1) is 0 Å². The molecule has 3 heteroatoms. The maximum atomic E-state index is 9.55. The van der Waals surface area contributed by atoms with E-state index in [2.05, 4.69) is 26.1 Å². The molecule has 1 aliphatic carbocycles. The van der Waals surface area contributed by atoms with Gasteiger partial charge in [0.25, 0.3) is 0 Å². The van der Waals surface area contributed by atoms with Gasteiger partial charge in [-0.1, -0.05) is 33.1 Å². The molecule has 0 bridgehead atoms. The summed E-state index contributed by atoms with van der Waals surface area (Å²) in [5.41, 5.74) is -0.118. The van der Waals surface area contributed by atoms with E-state index in [1.54, 1.807) is 0 Å². The minimum atomic E-state index is -0.118. The van der Waals surface area contributed by atoms with Crippen molar-refractivity contribution in [3.8, 4) is 0 Å². The number of rotatable bonds is 11. The van der Waals surface area contributed by atoms with E-state index < -0.39 is 0 Å². The van der Waals surface area contributed by atoms with Crippen molar-refractivity contribution in [3.63, 3.8) is 0 Å². The predicted octanol–water partition coefficient (Wildman–Crippen LogP) is 3.89. The molecule has 0 aromatic carbocycles.